The van der Waals surface area contributed by atoms with Crippen molar-refractivity contribution in [3.05, 3.63) is 34.2 Å². The Balaban J connectivity index is 2.18. The van der Waals surface area contributed by atoms with Gasteiger partial charge in [0.25, 0.3) is 11.5 Å². The number of aliphatic carboxylic acids is 1. The van der Waals surface area contributed by atoms with E-state index < -0.39 is 23.8 Å². The Morgan fingerprint density at radius 1 is 1.29 bits per heavy atom. The number of hydrogen-bond donors (Lipinski definition) is 2. The third kappa shape index (κ3) is 3.51. The predicted molar refractivity (Wildman–Crippen MR) is 77.1 cm³/mol. The van der Waals surface area contributed by atoms with E-state index in [0.717, 1.165) is 19.3 Å². The summed E-state index contributed by atoms with van der Waals surface area (Å²) in [6, 6.07) is 2.67. The number of aromatic nitrogens is 1. The molecule has 1 aromatic heterocycles. The van der Waals surface area contributed by atoms with Crippen LogP contribution in [0.3, 0.4) is 0 Å². The molecule has 0 bridgehead atoms. The van der Waals surface area contributed by atoms with Crippen molar-refractivity contribution < 1.29 is 14.7 Å². The van der Waals surface area contributed by atoms with Gasteiger partial charge in [0.15, 0.2) is 0 Å². The van der Waals surface area contributed by atoms with Gasteiger partial charge in [0.1, 0.15) is 5.56 Å². The Labute approximate surface area is 122 Å². The molecule has 6 nitrogen and oxygen atoms in total. The summed E-state index contributed by atoms with van der Waals surface area (Å²) in [6.07, 6.45) is 5.50. The molecule has 1 fully saturated rings. The van der Waals surface area contributed by atoms with E-state index in [-0.39, 0.29) is 11.1 Å². The molecule has 1 aliphatic rings. The third-order valence-electron chi connectivity index (χ3n) is 4.02. The monoisotopic (exact) mass is 292 g/mol. The first-order chi connectivity index (χ1) is 10.0. The molecule has 1 aliphatic carbocycles. The number of aryl methyl sites for hydroxylation is 1. The number of nitrogens with one attached hydrogen (secondary N) is 1. The number of rotatable bonds is 3. The topological polar surface area (TPSA) is 88.4 Å². The summed E-state index contributed by atoms with van der Waals surface area (Å²) in [5.74, 6) is -1.96. The first-order valence-electron chi connectivity index (χ1n) is 7.20. The summed E-state index contributed by atoms with van der Waals surface area (Å²) in [7, 11) is 1.57. The maximum Gasteiger partial charge on any atom is 0.308 e. The van der Waals surface area contributed by atoms with Crippen LogP contribution in [0.25, 0.3) is 0 Å². The lowest BCUT2D eigenvalue weighted by Crippen LogP contribution is -2.44. The molecule has 1 heterocycles. The standard InChI is InChI=1S/C15H20N2O4/c1-17-9-5-7-11(14(17)19)13(18)16-12-8-4-2-3-6-10(12)15(20)21/h5,7,9-10,12H,2-4,6,8H2,1H3,(H,16,18)(H,20,21)/t10-,12+/m1/s1. The van der Waals surface area contributed by atoms with Crippen molar-refractivity contribution in [3.8, 4) is 0 Å². The number of nitrogens with zero attached hydrogens (tertiary/aromatic N) is 1. The highest BCUT2D eigenvalue weighted by molar-refractivity contribution is 5.94. The maximum atomic E-state index is 12.2. The molecule has 0 spiro atoms. The van der Waals surface area contributed by atoms with Crippen molar-refractivity contribution in [1.29, 1.82) is 0 Å². The molecule has 114 valence electrons. The van der Waals surface area contributed by atoms with Gasteiger partial charge in [-0.2, -0.15) is 0 Å². The lowest BCUT2D eigenvalue weighted by atomic mass is 9.94. The molecule has 0 aliphatic heterocycles. The molecule has 1 amide bonds. The first kappa shape index (κ1) is 15.3. The number of carbonyl (C=O) groups excluding carboxylic acids is 1. The second-order valence-electron chi connectivity index (χ2n) is 5.50. The van der Waals surface area contributed by atoms with Crippen molar-refractivity contribution in [2.24, 2.45) is 13.0 Å². The van der Waals surface area contributed by atoms with Crippen molar-refractivity contribution in [2.75, 3.05) is 0 Å². The van der Waals surface area contributed by atoms with Crippen LogP contribution < -0.4 is 10.9 Å². The Morgan fingerprint density at radius 2 is 2.00 bits per heavy atom. The minimum absolute atomic E-state index is 0.0494. The van der Waals surface area contributed by atoms with Crippen molar-refractivity contribution >= 4 is 11.9 Å². The zero-order valence-corrected chi connectivity index (χ0v) is 12.0. The minimum atomic E-state index is -0.886. The molecule has 21 heavy (non-hydrogen) atoms. The van der Waals surface area contributed by atoms with Crippen LogP contribution in [0.2, 0.25) is 0 Å². The summed E-state index contributed by atoms with van der Waals surface area (Å²) >= 11 is 0. The van der Waals surface area contributed by atoms with E-state index in [2.05, 4.69) is 5.32 Å². The van der Waals surface area contributed by atoms with Crippen LogP contribution >= 0.6 is 0 Å². The average molecular weight is 292 g/mol. The van der Waals surface area contributed by atoms with Crippen LogP contribution in [0.15, 0.2) is 23.1 Å². The Bertz CT molecular complexity index is 594. The van der Waals surface area contributed by atoms with Gasteiger partial charge in [-0.1, -0.05) is 19.3 Å². The van der Waals surface area contributed by atoms with Crippen LogP contribution in [-0.4, -0.2) is 27.6 Å². The normalized spacial score (nSPS) is 22.3. The van der Waals surface area contributed by atoms with Gasteiger partial charge in [-0.25, -0.2) is 0 Å². The molecule has 1 saturated carbocycles. The second-order valence-corrected chi connectivity index (χ2v) is 5.50. The van der Waals surface area contributed by atoms with Gasteiger partial charge in [-0.3, -0.25) is 14.4 Å². The van der Waals surface area contributed by atoms with E-state index in [9.17, 15) is 19.5 Å². The van der Waals surface area contributed by atoms with E-state index in [0.29, 0.717) is 12.8 Å². The van der Waals surface area contributed by atoms with Crippen molar-refractivity contribution in [2.45, 2.75) is 38.1 Å². The number of hydrogen-bond acceptors (Lipinski definition) is 3. The van der Waals surface area contributed by atoms with Crippen LogP contribution in [-0.2, 0) is 11.8 Å². The summed E-state index contributed by atoms with van der Waals surface area (Å²) in [6.45, 7) is 0. The smallest absolute Gasteiger partial charge is 0.308 e. The highest BCUT2D eigenvalue weighted by Crippen LogP contribution is 2.24. The molecular formula is C15H20N2O4. The van der Waals surface area contributed by atoms with Crippen molar-refractivity contribution in [3.63, 3.8) is 0 Å². The Hall–Kier alpha value is -2.11. The number of amides is 1. The quantitative estimate of drug-likeness (QED) is 0.818. The highest BCUT2D eigenvalue weighted by Gasteiger charge is 2.31. The number of carbonyl (C=O) groups is 2. The Kier molecular flexibility index (Phi) is 4.77. The molecule has 2 atom stereocenters. The van der Waals surface area contributed by atoms with Crippen LogP contribution in [0.1, 0.15) is 42.5 Å². The largest absolute Gasteiger partial charge is 0.481 e. The molecule has 6 heteroatoms. The average Bonchev–Trinajstić information content (AvgIpc) is 2.67. The van der Waals surface area contributed by atoms with Gasteiger partial charge in [-0.05, 0) is 25.0 Å². The fraction of sp³-hybridized carbons (Fsp3) is 0.533. The van der Waals surface area contributed by atoms with Crippen LogP contribution in [0.4, 0.5) is 0 Å². The summed E-state index contributed by atoms with van der Waals surface area (Å²) in [5, 5.41) is 12.0. The third-order valence-corrected chi connectivity index (χ3v) is 4.02. The van der Waals surface area contributed by atoms with E-state index in [1.54, 1.807) is 19.3 Å². The van der Waals surface area contributed by atoms with E-state index in [1.807, 2.05) is 0 Å². The van der Waals surface area contributed by atoms with Gasteiger partial charge in [0.2, 0.25) is 0 Å². The maximum absolute atomic E-state index is 12.2. The predicted octanol–water partition coefficient (Wildman–Crippen LogP) is 1.15. The fourth-order valence-electron chi connectivity index (χ4n) is 2.79. The van der Waals surface area contributed by atoms with E-state index in [1.165, 1.54) is 10.6 Å². The SMILES string of the molecule is Cn1cccc(C(=O)N[C@H]2CCCCC[C@H]2C(=O)O)c1=O. The molecule has 0 radical (unpaired) electrons. The molecule has 0 saturated heterocycles. The number of pyridine rings is 1. The zero-order valence-electron chi connectivity index (χ0n) is 12.0. The van der Waals surface area contributed by atoms with Gasteiger partial charge < -0.3 is 15.0 Å². The molecule has 2 N–H and O–H groups in total. The molecular weight excluding hydrogens is 272 g/mol. The fourth-order valence-corrected chi connectivity index (χ4v) is 2.79. The van der Waals surface area contributed by atoms with E-state index in [4.69, 9.17) is 0 Å². The van der Waals surface area contributed by atoms with E-state index >= 15 is 0 Å². The summed E-state index contributed by atoms with van der Waals surface area (Å²) < 4.78 is 1.33. The lowest BCUT2D eigenvalue weighted by Gasteiger charge is -2.22. The molecule has 1 aromatic rings. The second kappa shape index (κ2) is 6.56. The van der Waals surface area contributed by atoms with Crippen molar-refractivity contribution in [1.82, 2.24) is 9.88 Å². The van der Waals surface area contributed by atoms with Gasteiger partial charge >= 0.3 is 5.97 Å². The highest BCUT2D eigenvalue weighted by atomic mass is 16.4. The van der Waals surface area contributed by atoms with Gasteiger partial charge in [-0.15, -0.1) is 0 Å². The Morgan fingerprint density at radius 3 is 2.71 bits per heavy atom. The minimum Gasteiger partial charge on any atom is -0.481 e. The molecule has 2 rings (SSSR count). The van der Waals surface area contributed by atoms with Crippen LogP contribution in [0, 0.1) is 5.92 Å². The number of carboxylic acid groups (broad SMARTS) is 1. The van der Waals surface area contributed by atoms with Gasteiger partial charge in [0, 0.05) is 19.3 Å². The molecule has 0 aromatic carbocycles. The molecule has 0 unspecified atom stereocenters. The number of carboxylic acids is 1. The lowest BCUT2D eigenvalue weighted by molar-refractivity contribution is -0.142. The van der Waals surface area contributed by atoms with Gasteiger partial charge in [0.05, 0.1) is 5.92 Å². The summed E-state index contributed by atoms with van der Waals surface area (Å²) in [5.41, 5.74) is -0.330. The van der Waals surface area contributed by atoms with Crippen LogP contribution in [0.5, 0.6) is 0 Å². The zero-order chi connectivity index (χ0) is 15.4. The summed E-state index contributed by atoms with van der Waals surface area (Å²) in [4.78, 5) is 35.5. The first-order valence-corrected chi connectivity index (χ1v) is 7.20.